The van der Waals surface area contributed by atoms with Crippen molar-refractivity contribution in [3.63, 3.8) is 0 Å². The lowest BCUT2D eigenvalue weighted by Crippen LogP contribution is -2.27. The molecule has 5 nitrogen and oxygen atoms in total. The van der Waals surface area contributed by atoms with Gasteiger partial charge >= 0.3 is 0 Å². The van der Waals surface area contributed by atoms with E-state index in [-0.39, 0.29) is 23.6 Å². The first-order valence-corrected chi connectivity index (χ1v) is 8.32. The van der Waals surface area contributed by atoms with E-state index in [1.165, 1.54) is 12.1 Å². The van der Waals surface area contributed by atoms with Crippen LogP contribution in [0.3, 0.4) is 0 Å². The minimum absolute atomic E-state index is 0.0166. The van der Waals surface area contributed by atoms with Gasteiger partial charge in [-0.2, -0.15) is 5.10 Å². The fraction of sp³-hybridized carbons (Fsp3) is 0.263. The smallest absolute Gasteiger partial charge is 0.223 e. The van der Waals surface area contributed by atoms with Gasteiger partial charge < -0.3 is 9.73 Å². The molecule has 3 aromatic rings. The first-order chi connectivity index (χ1) is 12.2. The van der Waals surface area contributed by atoms with Gasteiger partial charge in [0.1, 0.15) is 11.6 Å². The van der Waals surface area contributed by atoms with Crippen LogP contribution in [0.15, 0.2) is 59.3 Å². The lowest BCUT2D eigenvalue weighted by atomic mass is 10.2. The predicted molar refractivity (Wildman–Crippen MR) is 89.8 cm³/mol. The lowest BCUT2D eigenvalue weighted by Gasteiger charge is -2.03. The van der Waals surface area contributed by atoms with Gasteiger partial charge in [0.15, 0.2) is 0 Å². The third-order valence-corrected chi connectivity index (χ3v) is 4.45. The van der Waals surface area contributed by atoms with Gasteiger partial charge in [-0.25, -0.2) is 9.07 Å². The largest absolute Gasteiger partial charge is 0.469 e. The summed E-state index contributed by atoms with van der Waals surface area (Å²) in [7, 11) is 0. The molecule has 0 spiro atoms. The average molecular weight is 339 g/mol. The number of carbonyl (C=O) groups excluding carboxylic acids is 1. The van der Waals surface area contributed by atoms with E-state index in [4.69, 9.17) is 4.42 Å². The number of furan rings is 1. The minimum atomic E-state index is -0.272. The summed E-state index contributed by atoms with van der Waals surface area (Å²) < 4.78 is 20.0. The molecule has 2 heterocycles. The van der Waals surface area contributed by atoms with E-state index in [9.17, 15) is 9.18 Å². The highest BCUT2D eigenvalue weighted by Gasteiger charge is 2.45. The Balaban J connectivity index is 1.27. The SMILES string of the molecule is O=C(NCCc1ccn(-c2ccc(F)cc2)n1)[C@H]1C[C@@H]1c1ccco1. The van der Waals surface area contributed by atoms with Crippen LogP contribution in [-0.4, -0.2) is 22.2 Å². The summed E-state index contributed by atoms with van der Waals surface area (Å²) in [5.74, 6) is 0.917. The molecule has 1 aromatic carbocycles. The van der Waals surface area contributed by atoms with Gasteiger partial charge in [0, 0.05) is 31.0 Å². The number of amides is 1. The van der Waals surface area contributed by atoms with Crippen LogP contribution in [0.4, 0.5) is 4.39 Å². The molecule has 0 unspecified atom stereocenters. The molecule has 0 bridgehead atoms. The van der Waals surface area contributed by atoms with E-state index in [0.29, 0.717) is 13.0 Å². The molecule has 1 saturated carbocycles. The van der Waals surface area contributed by atoms with Gasteiger partial charge in [0.2, 0.25) is 5.91 Å². The number of nitrogens with one attached hydrogen (secondary N) is 1. The number of hydrogen-bond acceptors (Lipinski definition) is 3. The highest BCUT2D eigenvalue weighted by Crippen LogP contribution is 2.47. The number of halogens is 1. The summed E-state index contributed by atoms with van der Waals surface area (Å²) in [4.78, 5) is 12.1. The molecule has 25 heavy (non-hydrogen) atoms. The van der Waals surface area contributed by atoms with Crippen molar-refractivity contribution in [1.29, 1.82) is 0 Å². The van der Waals surface area contributed by atoms with E-state index in [1.807, 2.05) is 24.4 Å². The summed E-state index contributed by atoms with van der Waals surface area (Å²) in [5, 5.41) is 7.41. The monoisotopic (exact) mass is 339 g/mol. The second-order valence-electron chi connectivity index (χ2n) is 6.23. The normalized spacial score (nSPS) is 18.9. The van der Waals surface area contributed by atoms with Crippen molar-refractivity contribution in [3.8, 4) is 5.69 Å². The Labute approximate surface area is 144 Å². The summed E-state index contributed by atoms with van der Waals surface area (Å²) in [6.07, 6.45) is 4.97. The Morgan fingerprint density at radius 1 is 1.28 bits per heavy atom. The molecular formula is C19H18FN3O2. The standard InChI is InChI=1S/C19H18FN3O2/c20-13-3-5-15(6-4-13)23-10-8-14(22-23)7-9-21-19(24)17-12-16(17)18-2-1-11-25-18/h1-6,8,10-11,16-17H,7,9,12H2,(H,21,24)/t16-,17-/m0/s1. The molecule has 0 radical (unpaired) electrons. The molecular weight excluding hydrogens is 321 g/mol. The van der Waals surface area contributed by atoms with Crippen LogP contribution < -0.4 is 5.32 Å². The van der Waals surface area contributed by atoms with Crippen LogP contribution in [0.2, 0.25) is 0 Å². The topological polar surface area (TPSA) is 60.1 Å². The fourth-order valence-electron chi connectivity index (χ4n) is 2.98. The van der Waals surface area contributed by atoms with Gasteiger partial charge in [-0.1, -0.05) is 0 Å². The van der Waals surface area contributed by atoms with Crippen molar-refractivity contribution in [2.75, 3.05) is 6.54 Å². The molecule has 128 valence electrons. The Morgan fingerprint density at radius 2 is 2.12 bits per heavy atom. The number of hydrogen-bond donors (Lipinski definition) is 1. The molecule has 0 saturated heterocycles. The molecule has 2 aromatic heterocycles. The van der Waals surface area contributed by atoms with Crippen molar-refractivity contribution in [2.45, 2.75) is 18.8 Å². The van der Waals surface area contributed by atoms with Gasteiger partial charge in [-0.3, -0.25) is 4.79 Å². The van der Waals surface area contributed by atoms with Crippen molar-refractivity contribution < 1.29 is 13.6 Å². The Bertz CT molecular complexity index is 855. The number of aromatic nitrogens is 2. The summed E-state index contributed by atoms with van der Waals surface area (Å²) in [6, 6.07) is 11.8. The van der Waals surface area contributed by atoms with E-state index in [1.54, 1.807) is 23.1 Å². The van der Waals surface area contributed by atoms with Crippen LogP contribution in [0.25, 0.3) is 5.69 Å². The molecule has 1 amide bonds. The van der Waals surface area contributed by atoms with Crippen molar-refractivity contribution in [2.24, 2.45) is 5.92 Å². The molecule has 1 fully saturated rings. The average Bonchev–Trinajstić information content (AvgIpc) is 3.02. The zero-order chi connectivity index (χ0) is 17.2. The quantitative estimate of drug-likeness (QED) is 0.751. The first kappa shape index (κ1) is 15.6. The van der Waals surface area contributed by atoms with Crippen LogP contribution in [-0.2, 0) is 11.2 Å². The third-order valence-electron chi connectivity index (χ3n) is 4.45. The molecule has 6 heteroatoms. The summed E-state index contributed by atoms with van der Waals surface area (Å²) in [5.41, 5.74) is 1.68. The van der Waals surface area contributed by atoms with E-state index >= 15 is 0 Å². The molecule has 1 aliphatic carbocycles. The van der Waals surface area contributed by atoms with Crippen LogP contribution >= 0.6 is 0 Å². The lowest BCUT2D eigenvalue weighted by molar-refractivity contribution is -0.122. The second-order valence-corrected chi connectivity index (χ2v) is 6.23. The number of rotatable bonds is 6. The van der Waals surface area contributed by atoms with Gasteiger partial charge in [0.25, 0.3) is 0 Å². The minimum Gasteiger partial charge on any atom is -0.469 e. The maximum atomic E-state index is 13.0. The number of carbonyl (C=O) groups is 1. The Kier molecular flexibility index (Phi) is 4.09. The van der Waals surface area contributed by atoms with Crippen molar-refractivity contribution >= 4 is 5.91 Å². The van der Waals surface area contributed by atoms with Crippen LogP contribution in [0.5, 0.6) is 0 Å². The Morgan fingerprint density at radius 3 is 2.88 bits per heavy atom. The molecule has 1 aliphatic rings. The third kappa shape index (κ3) is 3.47. The number of nitrogens with zero attached hydrogens (tertiary/aromatic N) is 2. The van der Waals surface area contributed by atoms with Gasteiger partial charge in [-0.05, 0) is 48.9 Å². The van der Waals surface area contributed by atoms with Gasteiger partial charge in [-0.15, -0.1) is 0 Å². The zero-order valence-electron chi connectivity index (χ0n) is 13.6. The maximum Gasteiger partial charge on any atom is 0.223 e. The predicted octanol–water partition coefficient (Wildman–Crippen LogP) is 3.07. The van der Waals surface area contributed by atoms with Crippen molar-refractivity contribution in [1.82, 2.24) is 15.1 Å². The summed E-state index contributed by atoms with van der Waals surface area (Å²) in [6.45, 7) is 0.542. The van der Waals surface area contributed by atoms with E-state index < -0.39 is 0 Å². The molecule has 0 aliphatic heterocycles. The summed E-state index contributed by atoms with van der Waals surface area (Å²) >= 11 is 0. The fourth-order valence-corrected chi connectivity index (χ4v) is 2.98. The van der Waals surface area contributed by atoms with Crippen LogP contribution in [0, 0.1) is 11.7 Å². The van der Waals surface area contributed by atoms with Crippen molar-refractivity contribution in [3.05, 3.63) is 72.2 Å². The molecule has 1 N–H and O–H groups in total. The van der Waals surface area contributed by atoms with E-state index in [0.717, 1.165) is 23.6 Å². The molecule has 4 rings (SSSR count). The van der Waals surface area contributed by atoms with Gasteiger partial charge in [0.05, 0.1) is 17.6 Å². The van der Waals surface area contributed by atoms with E-state index in [2.05, 4.69) is 10.4 Å². The number of benzene rings is 1. The second kappa shape index (κ2) is 6.55. The zero-order valence-corrected chi connectivity index (χ0v) is 13.6. The maximum absolute atomic E-state index is 13.0. The Hall–Kier alpha value is -2.89. The highest BCUT2D eigenvalue weighted by molar-refractivity contribution is 5.82. The highest BCUT2D eigenvalue weighted by atomic mass is 19.1. The van der Waals surface area contributed by atoms with Crippen LogP contribution in [0.1, 0.15) is 23.8 Å². The first-order valence-electron chi connectivity index (χ1n) is 8.32. The molecule has 2 atom stereocenters.